The molecule has 2 aromatic carbocycles. The smallest absolute Gasteiger partial charge is 0.404 e. The summed E-state index contributed by atoms with van der Waals surface area (Å²) in [6.07, 6.45) is 5.15. The highest BCUT2D eigenvalue weighted by molar-refractivity contribution is 6.47. The van der Waals surface area contributed by atoms with Crippen LogP contribution in [0.2, 0.25) is 0 Å². The molecule has 72 heavy (non-hydrogen) atoms. The Hall–Kier alpha value is -5.45. The number of hydrogen-bond acceptors (Lipinski definition) is 13. The number of fused-ring (bicyclic) bond motifs is 1. The highest BCUT2D eigenvalue weighted by atomic mass is 16.7. The van der Waals surface area contributed by atoms with Crippen LogP contribution in [0, 0.1) is 11.8 Å². The number of nitrogens with zero attached hydrogens (tertiary/aromatic N) is 1. The fraction of sp³-hybridized carbons (Fsp3) is 0.627. The van der Waals surface area contributed by atoms with Crippen LogP contribution < -0.4 is 43.4 Å². The predicted molar refractivity (Wildman–Crippen MR) is 273 cm³/mol. The van der Waals surface area contributed by atoms with Crippen molar-refractivity contribution in [3.8, 4) is 11.1 Å². The molecule has 1 aliphatic heterocycles. The van der Waals surface area contributed by atoms with Gasteiger partial charge in [-0.2, -0.15) is 0 Å². The second-order valence-corrected chi connectivity index (χ2v) is 19.8. The second kappa shape index (κ2) is 28.1. The molecule has 2 aliphatic rings. The van der Waals surface area contributed by atoms with Gasteiger partial charge >= 0.3 is 7.12 Å². The summed E-state index contributed by atoms with van der Waals surface area (Å²) in [6.45, 7) is 12.0. The number of primary amides is 1. The van der Waals surface area contributed by atoms with Gasteiger partial charge in [0, 0.05) is 7.05 Å². The highest BCUT2D eigenvalue weighted by Crippen LogP contribution is 2.46. The number of aliphatic hydroxyl groups excluding tert-OH is 2. The van der Waals surface area contributed by atoms with Crippen molar-refractivity contribution >= 4 is 48.5 Å². The molecule has 0 aromatic heterocycles. The van der Waals surface area contributed by atoms with Crippen molar-refractivity contribution in [2.75, 3.05) is 26.7 Å². The maximum absolute atomic E-state index is 13.7. The van der Waals surface area contributed by atoms with Crippen LogP contribution in [0.5, 0.6) is 0 Å². The van der Waals surface area contributed by atoms with Crippen LogP contribution in [0.25, 0.3) is 11.1 Å². The van der Waals surface area contributed by atoms with Crippen LogP contribution in [0.3, 0.4) is 0 Å². The standard InChI is InChI=1S/C51H80BN9O11/c1-9-10-14-34-18-20-35(21-19-34)36-22-24-37(25-23-36)47(67)60-40(29-62)49(69)56-31(4)45(65)55-28-44(64)61(8)41(16-11-12-26-53)50(70)57-32(5)46(66)59-39(27-43(54)63)48(68)58-33(6)52-71-42-17-13-15-38(30(2)3)51(42,7)72-52/h18-25,30-33,38-42,47,60,62,67H,9-17,26-29,53H2,1-8H3,(H2,54,63)(H,55,65)(H,56,69)(H,57,70)(H,58,68)(H,59,66)/t31-,32+,33+,38+,39+,40-,41+,42?,47?,51+/m1/s1. The number of unbranched alkanes of at least 4 members (excludes halogenated alkanes) is 2. The lowest BCUT2D eigenvalue weighted by atomic mass is 9.69. The predicted octanol–water partition coefficient (Wildman–Crippen LogP) is 1.24. The van der Waals surface area contributed by atoms with Gasteiger partial charge in [-0.05, 0) is 113 Å². The van der Waals surface area contributed by atoms with Crippen molar-refractivity contribution in [1.29, 1.82) is 0 Å². The van der Waals surface area contributed by atoms with Crippen molar-refractivity contribution < 1.29 is 53.1 Å². The number of aryl methyl sites for hydroxylation is 1. The van der Waals surface area contributed by atoms with Gasteiger partial charge in [-0.1, -0.05) is 82.1 Å². The zero-order valence-electron chi connectivity index (χ0n) is 43.3. The molecule has 0 bridgehead atoms. The lowest BCUT2D eigenvalue weighted by Crippen LogP contribution is -2.58. The van der Waals surface area contributed by atoms with E-state index in [4.69, 9.17) is 20.8 Å². The summed E-state index contributed by atoms with van der Waals surface area (Å²) in [4.78, 5) is 93.7. The quantitative estimate of drug-likeness (QED) is 0.0327. The number of nitrogens with two attached hydrogens (primary N) is 2. The first-order chi connectivity index (χ1) is 34.1. The third-order valence-corrected chi connectivity index (χ3v) is 13.9. The van der Waals surface area contributed by atoms with Crippen LogP contribution in [0.4, 0.5) is 0 Å². The van der Waals surface area contributed by atoms with Crippen molar-refractivity contribution in [2.24, 2.45) is 23.3 Å². The monoisotopic (exact) mass is 1010 g/mol. The number of aliphatic hydroxyl groups is 2. The van der Waals surface area contributed by atoms with Crippen LogP contribution in [-0.2, 0) is 49.3 Å². The molecule has 1 heterocycles. The van der Waals surface area contributed by atoms with Crippen molar-refractivity contribution in [3.05, 3.63) is 59.7 Å². The molecule has 12 N–H and O–H groups in total. The molecule has 4 rings (SSSR count). The summed E-state index contributed by atoms with van der Waals surface area (Å²) in [7, 11) is 0.595. The molecule has 398 valence electrons. The van der Waals surface area contributed by atoms with Crippen LogP contribution >= 0.6 is 0 Å². The minimum Gasteiger partial charge on any atom is -0.404 e. The first-order valence-electron chi connectivity index (χ1n) is 25.4. The van der Waals surface area contributed by atoms with Gasteiger partial charge in [0.05, 0.1) is 37.2 Å². The first-order valence-corrected chi connectivity index (χ1v) is 25.4. The Kier molecular flexibility index (Phi) is 23.1. The van der Waals surface area contributed by atoms with E-state index in [1.807, 2.05) is 31.2 Å². The molecule has 1 saturated heterocycles. The third kappa shape index (κ3) is 16.5. The zero-order chi connectivity index (χ0) is 53.3. The number of benzene rings is 2. The number of rotatable bonds is 28. The van der Waals surface area contributed by atoms with Gasteiger partial charge in [-0.15, -0.1) is 0 Å². The van der Waals surface area contributed by atoms with Crippen molar-refractivity contribution in [2.45, 2.75) is 167 Å². The van der Waals surface area contributed by atoms with E-state index in [9.17, 15) is 43.8 Å². The average Bonchev–Trinajstić information content (AvgIpc) is 3.72. The Morgan fingerprint density at radius 3 is 2.01 bits per heavy atom. The van der Waals surface area contributed by atoms with E-state index in [1.54, 1.807) is 19.1 Å². The Morgan fingerprint density at radius 2 is 1.42 bits per heavy atom. The minimum atomic E-state index is -1.40. The lowest BCUT2D eigenvalue weighted by molar-refractivity contribution is -0.140. The number of carbonyl (C=O) groups excluding carboxylic acids is 7. The SMILES string of the molecule is CCCCc1ccc(-c2ccc(C(O)N[C@H](CO)C(=O)N[C@H](C)C(=O)NCC(=O)N(C)[C@@H](CCCCN)C(=O)N[C@@H](C)C(=O)N[C@@H](CC(N)=O)C(=O)N[C@@H](C)B3OC4CCC[C@@H](C(C)C)[C@]4(C)O3)cc2)cc1. The molecule has 2 aromatic rings. The van der Waals surface area contributed by atoms with Gasteiger partial charge in [0.15, 0.2) is 0 Å². The Bertz CT molecular complexity index is 2130. The Labute approximate surface area is 424 Å². The summed E-state index contributed by atoms with van der Waals surface area (Å²) < 4.78 is 12.7. The Balaban J connectivity index is 1.28. The second-order valence-electron chi connectivity index (χ2n) is 19.8. The highest BCUT2D eigenvalue weighted by Gasteiger charge is 2.56. The van der Waals surface area contributed by atoms with Gasteiger partial charge in [0.25, 0.3) is 0 Å². The summed E-state index contributed by atoms with van der Waals surface area (Å²) in [5.41, 5.74) is 14.3. The fourth-order valence-electron chi connectivity index (χ4n) is 9.41. The summed E-state index contributed by atoms with van der Waals surface area (Å²) >= 11 is 0. The van der Waals surface area contributed by atoms with Gasteiger partial charge < -0.3 is 62.5 Å². The number of carbonyl (C=O) groups is 7. The zero-order valence-corrected chi connectivity index (χ0v) is 43.3. The van der Waals surface area contributed by atoms with Crippen molar-refractivity contribution in [1.82, 2.24) is 36.8 Å². The summed E-state index contributed by atoms with van der Waals surface area (Å²) in [5.74, 6) is -5.31. The van der Waals surface area contributed by atoms with E-state index in [0.29, 0.717) is 30.9 Å². The van der Waals surface area contributed by atoms with Crippen LogP contribution in [0.15, 0.2) is 48.5 Å². The number of nitrogens with one attached hydrogen (secondary N) is 6. The molecule has 21 heteroatoms. The third-order valence-electron chi connectivity index (χ3n) is 13.9. The summed E-state index contributed by atoms with van der Waals surface area (Å²) in [5, 5.41) is 36.4. The maximum Gasteiger partial charge on any atom is 0.481 e. The molecule has 7 amide bonds. The molecule has 2 unspecified atom stereocenters. The molecule has 0 spiro atoms. The summed E-state index contributed by atoms with van der Waals surface area (Å²) in [6, 6.07) is 9.15. The van der Waals surface area contributed by atoms with E-state index < -0.39 is 116 Å². The number of likely N-dealkylation sites (N-methyl/N-ethyl adjacent to an activating group) is 1. The topological polar surface area (TPSA) is 306 Å². The van der Waals surface area contributed by atoms with E-state index in [1.165, 1.54) is 26.5 Å². The first kappa shape index (κ1) is 59.1. The fourth-order valence-corrected chi connectivity index (χ4v) is 9.41. The van der Waals surface area contributed by atoms with Gasteiger partial charge in [-0.25, -0.2) is 0 Å². The average molecular weight is 1010 g/mol. The van der Waals surface area contributed by atoms with Gasteiger partial charge in [0.1, 0.15) is 36.4 Å². The molecule has 0 radical (unpaired) electrons. The normalized spacial score (nSPS) is 20.4. The van der Waals surface area contributed by atoms with Gasteiger partial charge in [0.2, 0.25) is 41.4 Å². The molecular weight excluding hydrogens is 925 g/mol. The van der Waals surface area contributed by atoms with Gasteiger partial charge in [-0.3, -0.25) is 38.9 Å². The number of amides is 7. The molecule has 1 aliphatic carbocycles. The largest absolute Gasteiger partial charge is 0.481 e. The van der Waals surface area contributed by atoms with E-state index in [-0.39, 0.29) is 18.4 Å². The number of hydrogen-bond donors (Lipinski definition) is 10. The maximum atomic E-state index is 13.7. The lowest BCUT2D eigenvalue weighted by Gasteiger charge is -2.44. The van der Waals surface area contributed by atoms with E-state index in [0.717, 1.165) is 54.6 Å². The van der Waals surface area contributed by atoms with E-state index in [2.05, 4.69) is 64.8 Å². The van der Waals surface area contributed by atoms with Crippen molar-refractivity contribution in [3.63, 3.8) is 0 Å². The molecule has 20 nitrogen and oxygen atoms in total. The Morgan fingerprint density at radius 1 is 0.806 bits per heavy atom. The van der Waals surface area contributed by atoms with Crippen LogP contribution in [-0.4, -0.2) is 138 Å². The van der Waals surface area contributed by atoms with E-state index >= 15 is 0 Å². The molecule has 2 fully saturated rings. The molecular formula is C51H80BN9O11. The molecule has 1 saturated carbocycles. The van der Waals surface area contributed by atoms with Crippen LogP contribution in [0.1, 0.15) is 124 Å². The minimum absolute atomic E-state index is 0.145. The molecule has 10 atom stereocenters.